The van der Waals surface area contributed by atoms with Crippen molar-refractivity contribution in [3.63, 3.8) is 0 Å². The van der Waals surface area contributed by atoms with Crippen molar-refractivity contribution in [1.82, 2.24) is 20.0 Å². The van der Waals surface area contributed by atoms with Crippen molar-refractivity contribution in [3.8, 4) is 5.69 Å². The van der Waals surface area contributed by atoms with Gasteiger partial charge in [0.1, 0.15) is 11.9 Å². The smallest absolute Gasteiger partial charge is 0.295 e. The van der Waals surface area contributed by atoms with E-state index in [1.165, 1.54) is 4.68 Å². The molecule has 0 unspecified atom stereocenters. The largest absolute Gasteiger partial charge is 0.339 e. The number of carbonyl (C=O) groups is 1. The third kappa shape index (κ3) is 6.14. The molecule has 1 heterocycles. The Labute approximate surface area is 195 Å². The van der Waals surface area contributed by atoms with E-state index < -0.39 is 9.96 Å². The van der Waals surface area contributed by atoms with Crippen molar-refractivity contribution in [3.05, 3.63) is 46.4 Å². The number of unbranched alkanes of at least 4 members (excludes halogenated alkanes) is 1. The van der Waals surface area contributed by atoms with Crippen LogP contribution in [0.4, 0.5) is 5.69 Å². The predicted octanol–water partition coefficient (Wildman–Crippen LogP) is 3.77. The second-order valence-electron chi connectivity index (χ2n) is 6.68. The van der Waals surface area contributed by atoms with Crippen molar-refractivity contribution in [2.75, 3.05) is 5.32 Å². The van der Waals surface area contributed by atoms with E-state index in [1.54, 1.807) is 18.7 Å². The van der Waals surface area contributed by atoms with Gasteiger partial charge in [-0.05, 0) is 37.7 Å². The molecule has 0 fully saturated rings. The molecule has 0 aliphatic carbocycles. The summed E-state index contributed by atoms with van der Waals surface area (Å²) < 4.78 is 1.37. The molecule has 1 aromatic carbocycles. The number of carbonyl (C=O) groups excluding carboxylic acids is 1. The van der Waals surface area contributed by atoms with E-state index in [0.29, 0.717) is 24.2 Å². The van der Waals surface area contributed by atoms with Crippen LogP contribution in [0.15, 0.2) is 35.1 Å². The minimum atomic E-state index is -1.86. The van der Waals surface area contributed by atoms with Crippen LogP contribution in [0.25, 0.3) is 5.69 Å². The molecular formula is C19H24Cl3N5O2S. The van der Waals surface area contributed by atoms with Crippen molar-refractivity contribution in [1.29, 1.82) is 0 Å². The molecular weight excluding hydrogens is 469 g/mol. The van der Waals surface area contributed by atoms with E-state index in [2.05, 4.69) is 16.0 Å². The first-order chi connectivity index (χ1) is 14.1. The Balaban J connectivity index is 2.20. The average Bonchev–Trinajstić information content (AvgIpc) is 2.89. The molecule has 30 heavy (non-hydrogen) atoms. The number of thiocarbonyl (C=S) groups is 1. The van der Waals surface area contributed by atoms with Gasteiger partial charge in [-0.2, -0.15) is 0 Å². The van der Waals surface area contributed by atoms with Crippen molar-refractivity contribution in [2.45, 2.75) is 43.1 Å². The summed E-state index contributed by atoms with van der Waals surface area (Å²) in [6.45, 7) is 3.76. The molecule has 164 valence electrons. The van der Waals surface area contributed by atoms with E-state index in [9.17, 15) is 9.59 Å². The molecule has 11 heteroatoms. The summed E-state index contributed by atoms with van der Waals surface area (Å²) in [4.78, 5) is 25.0. The van der Waals surface area contributed by atoms with Crippen LogP contribution >= 0.6 is 47.0 Å². The number of hydrogen-bond acceptors (Lipinski definition) is 3. The Morgan fingerprint density at radius 3 is 2.40 bits per heavy atom. The molecule has 3 N–H and O–H groups in total. The third-order valence-corrected chi connectivity index (χ3v) is 5.33. The fourth-order valence-corrected chi connectivity index (χ4v) is 3.31. The molecule has 0 saturated carbocycles. The first-order valence-corrected chi connectivity index (χ1v) is 10.9. The summed E-state index contributed by atoms with van der Waals surface area (Å²) >= 11 is 23.3. The highest BCUT2D eigenvalue weighted by Gasteiger charge is 2.34. The number of halogens is 3. The Kier molecular flexibility index (Phi) is 8.61. The Hall–Kier alpha value is -1.74. The summed E-state index contributed by atoms with van der Waals surface area (Å²) in [5.74, 6) is -0.272. The van der Waals surface area contributed by atoms with E-state index in [1.807, 2.05) is 37.3 Å². The minimum Gasteiger partial charge on any atom is -0.339 e. The van der Waals surface area contributed by atoms with Crippen LogP contribution in [0.1, 0.15) is 31.9 Å². The van der Waals surface area contributed by atoms with Crippen LogP contribution in [0.5, 0.6) is 0 Å². The van der Waals surface area contributed by atoms with E-state index in [0.717, 1.165) is 6.42 Å². The van der Waals surface area contributed by atoms with Crippen molar-refractivity contribution >= 4 is 63.7 Å². The van der Waals surface area contributed by atoms with E-state index in [-0.39, 0.29) is 22.3 Å². The highest BCUT2D eigenvalue weighted by molar-refractivity contribution is 7.80. The van der Waals surface area contributed by atoms with E-state index >= 15 is 0 Å². The topological polar surface area (TPSA) is 80.1 Å². The zero-order valence-electron chi connectivity index (χ0n) is 16.8. The number of hydrogen-bond donors (Lipinski definition) is 3. The summed E-state index contributed by atoms with van der Waals surface area (Å²) in [5, 5.41) is 8.29. The van der Waals surface area contributed by atoms with Gasteiger partial charge in [-0.1, -0.05) is 66.3 Å². The van der Waals surface area contributed by atoms with Crippen LogP contribution < -0.4 is 21.5 Å². The van der Waals surface area contributed by atoms with Crippen LogP contribution in [0.2, 0.25) is 0 Å². The zero-order chi connectivity index (χ0) is 22.5. The van der Waals surface area contributed by atoms with Gasteiger partial charge in [0.05, 0.1) is 11.4 Å². The highest BCUT2D eigenvalue weighted by atomic mass is 35.6. The van der Waals surface area contributed by atoms with Gasteiger partial charge in [0.15, 0.2) is 5.11 Å². The third-order valence-electron chi connectivity index (χ3n) is 4.46. The summed E-state index contributed by atoms with van der Waals surface area (Å²) in [5.41, 5.74) is 1.36. The standard InChI is InChI=1S/C19H24Cl3N5O2S/c1-4-5-11-14(28)23-17(19(20,21)22)25-18(30)24-15-12(2)26(3)27(16(15)29)13-9-7-6-8-10-13/h6-10,17H,4-5,11H2,1-3H3,(H,23,28)(H2,24,25,30)/t17-/m0/s1. The molecule has 2 rings (SSSR count). The molecule has 0 saturated heterocycles. The number of alkyl halides is 3. The quantitative estimate of drug-likeness (QED) is 0.311. The first kappa shape index (κ1) is 24.5. The molecule has 0 spiro atoms. The molecule has 0 aliphatic heterocycles. The summed E-state index contributed by atoms with van der Waals surface area (Å²) in [7, 11) is 1.77. The lowest BCUT2D eigenvalue weighted by molar-refractivity contribution is -0.122. The summed E-state index contributed by atoms with van der Waals surface area (Å²) in [6.07, 6.45) is 0.797. The maximum absolute atomic E-state index is 13.0. The number of benzene rings is 1. The molecule has 0 bridgehead atoms. The van der Waals surface area contributed by atoms with Gasteiger partial charge >= 0.3 is 0 Å². The summed E-state index contributed by atoms with van der Waals surface area (Å²) in [6, 6.07) is 9.21. The molecule has 1 aromatic heterocycles. The van der Waals surface area contributed by atoms with Gasteiger partial charge in [-0.3, -0.25) is 14.3 Å². The molecule has 2 aromatic rings. The van der Waals surface area contributed by atoms with Crippen molar-refractivity contribution < 1.29 is 4.79 Å². The number of nitrogens with one attached hydrogen (secondary N) is 3. The lowest BCUT2D eigenvalue weighted by atomic mass is 10.2. The molecule has 0 aliphatic rings. The number of anilines is 1. The zero-order valence-corrected chi connectivity index (χ0v) is 19.9. The monoisotopic (exact) mass is 491 g/mol. The number of para-hydroxylation sites is 1. The molecule has 1 atom stereocenters. The number of aromatic nitrogens is 2. The average molecular weight is 493 g/mol. The Bertz CT molecular complexity index is 954. The number of amides is 1. The van der Waals surface area contributed by atoms with E-state index in [4.69, 9.17) is 47.0 Å². The Morgan fingerprint density at radius 2 is 1.83 bits per heavy atom. The second kappa shape index (κ2) is 10.5. The highest BCUT2D eigenvalue weighted by Crippen LogP contribution is 2.29. The van der Waals surface area contributed by atoms with Crippen molar-refractivity contribution in [2.24, 2.45) is 7.05 Å². The molecule has 1 amide bonds. The lowest BCUT2D eigenvalue weighted by Gasteiger charge is -2.27. The van der Waals surface area contributed by atoms with Gasteiger partial charge in [0.2, 0.25) is 9.70 Å². The lowest BCUT2D eigenvalue weighted by Crippen LogP contribution is -2.56. The fourth-order valence-electron chi connectivity index (χ4n) is 2.76. The fraction of sp³-hybridized carbons (Fsp3) is 0.421. The normalized spacial score (nSPS) is 12.3. The van der Waals surface area contributed by atoms with Crippen LogP contribution in [-0.4, -0.2) is 30.3 Å². The first-order valence-electron chi connectivity index (χ1n) is 9.33. The van der Waals surface area contributed by atoms with Crippen LogP contribution in [0.3, 0.4) is 0 Å². The second-order valence-corrected chi connectivity index (χ2v) is 9.46. The van der Waals surface area contributed by atoms with Gasteiger partial charge in [0.25, 0.3) is 5.56 Å². The van der Waals surface area contributed by atoms with Gasteiger partial charge in [0, 0.05) is 13.5 Å². The van der Waals surface area contributed by atoms with Gasteiger partial charge in [-0.15, -0.1) is 0 Å². The number of rotatable bonds is 7. The number of nitrogens with zero attached hydrogens (tertiary/aromatic N) is 2. The maximum atomic E-state index is 13.0. The molecule has 7 nitrogen and oxygen atoms in total. The SMILES string of the molecule is CCCCC(=O)N[C@@H](NC(=S)Nc1c(C)n(C)n(-c2ccccc2)c1=O)C(Cl)(Cl)Cl. The Morgan fingerprint density at radius 1 is 1.20 bits per heavy atom. The van der Waals surface area contributed by atoms with Crippen LogP contribution in [-0.2, 0) is 11.8 Å². The predicted molar refractivity (Wildman–Crippen MR) is 127 cm³/mol. The van der Waals surface area contributed by atoms with Crippen LogP contribution in [0, 0.1) is 6.92 Å². The minimum absolute atomic E-state index is 0.0353. The van der Waals surface area contributed by atoms with Gasteiger partial charge < -0.3 is 16.0 Å². The maximum Gasteiger partial charge on any atom is 0.295 e. The van der Waals surface area contributed by atoms with Gasteiger partial charge in [-0.25, -0.2) is 4.68 Å². The molecule has 0 radical (unpaired) electrons.